The number of carbonyl (C=O) groups is 1. The molecule has 0 saturated heterocycles. The number of methoxy groups -OCH3 is 2. The molecule has 6 heteroatoms. The number of nitrogens with zero attached hydrogens (tertiary/aromatic N) is 2. The second-order valence-corrected chi connectivity index (χ2v) is 7.49. The van der Waals surface area contributed by atoms with Crippen LogP contribution in [0.4, 0.5) is 5.69 Å². The fourth-order valence-corrected chi connectivity index (χ4v) is 3.41. The number of amides is 1. The van der Waals surface area contributed by atoms with Gasteiger partial charge in [0.2, 0.25) is 0 Å². The second kappa shape index (κ2) is 8.95. The maximum atomic E-state index is 12.4. The fraction of sp³-hybridized carbons (Fsp3) is 0.455. The molecule has 0 aliphatic carbocycles. The first-order valence-corrected chi connectivity index (χ1v) is 9.74. The van der Waals surface area contributed by atoms with Crippen LogP contribution in [0.3, 0.4) is 0 Å². The Kier molecular flexibility index (Phi) is 6.39. The molecule has 2 aromatic rings. The molecule has 1 aliphatic rings. The molecule has 0 unspecified atom stereocenters. The molecule has 3 rings (SSSR count). The van der Waals surface area contributed by atoms with Gasteiger partial charge < -0.3 is 19.7 Å². The van der Waals surface area contributed by atoms with E-state index in [1.807, 2.05) is 18.2 Å². The van der Waals surface area contributed by atoms with Gasteiger partial charge in [0.1, 0.15) is 5.69 Å². The van der Waals surface area contributed by atoms with Crippen molar-refractivity contribution in [2.45, 2.75) is 33.2 Å². The maximum Gasteiger partial charge on any atom is 0.269 e. The van der Waals surface area contributed by atoms with Crippen molar-refractivity contribution in [1.29, 1.82) is 0 Å². The summed E-state index contributed by atoms with van der Waals surface area (Å²) in [4.78, 5) is 18.9. The molecule has 0 saturated carbocycles. The van der Waals surface area contributed by atoms with Gasteiger partial charge in [-0.25, -0.2) is 0 Å². The Morgan fingerprint density at radius 1 is 1.18 bits per heavy atom. The number of rotatable bonds is 7. The molecule has 0 spiro atoms. The minimum atomic E-state index is -0.119. The summed E-state index contributed by atoms with van der Waals surface area (Å²) in [7, 11) is 3.31. The standard InChI is InChI=1S/C22H29N3O3/c1-15(2)5-8-24-22(26)19-13-18(6-9-23-19)25-10-7-16-11-20(27-3)21(28-4)12-17(16)14-25/h6,9,11-13,15H,5,7-8,10,14H2,1-4H3,(H,24,26). The molecular weight excluding hydrogens is 354 g/mol. The van der Waals surface area contributed by atoms with Gasteiger partial charge in [-0.15, -0.1) is 0 Å². The van der Waals surface area contributed by atoms with Crippen LogP contribution < -0.4 is 19.7 Å². The molecule has 150 valence electrons. The SMILES string of the molecule is COc1cc2c(cc1OC)CN(c1ccnc(C(=O)NCCC(C)C)c1)CC2. The van der Waals surface area contributed by atoms with Crippen molar-refractivity contribution in [1.82, 2.24) is 10.3 Å². The average molecular weight is 383 g/mol. The fourth-order valence-electron chi connectivity index (χ4n) is 3.41. The molecule has 28 heavy (non-hydrogen) atoms. The van der Waals surface area contributed by atoms with E-state index in [1.165, 1.54) is 11.1 Å². The van der Waals surface area contributed by atoms with Gasteiger partial charge in [0.25, 0.3) is 5.91 Å². The third-order valence-electron chi connectivity index (χ3n) is 5.07. The lowest BCUT2D eigenvalue weighted by molar-refractivity contribution is 0.0947. The Balaban J connectivity index is 1.74. The molecule has 1 aliphatic heterocycles. The smallest absolute Gasteiger partial charge is 0.269 e. The van der Waals surface area contributed by atoms with Crippen molar-refractivity contribution < 1.29 is 14.3 Å². The summed E-state index contributed by atoms with van der Waals surface area (Å²) in [5.41, 5.74) is 3.95. The van der Waals surface area contributed by atoms with Crippen LogP contribution >= 0.6 is 0 Å². The number of hydrogen-bond acceptors (Lipinski definition) is 5. The molecule has 1 aromatic carbocycles. The summed E-state index contributed by atoms with van der Waals surface area (Å²) >= 11 is 0. The third-order valence-corrected chi connectivity index (χ3v) is 5.07. The number of fused-ring (bicyclic) bond motifs is 1. The topological polar surface area (TPSA) is 63.7 Å². The van der Waals surface area contributed by atoms with Gasteiger partial charge >= 0.3 is 0 Å². The molecular formula is C22H29N3O3. The van der Waals surface area contributed by atoms with Crippen molar-refractivity contribution >= 4 is 11.6 Å². The highest BCUT2D eigenvalue weighted by Gasteiger charge is 2.20. The molecule has 2 heterocycles. The number of ether oxygens (including phenoxy) is 2. The molecule has 0 fully saturated rings. The van der Waals surface area contributed by atoms with Crippen molar-refractivity contribution in [3.63, 3.8) is 0 Å². The predicted octanol–water partition coefficient (Wildman–Crippen LogP) is 3.44. The van der Waals surface area contributed by atoms with Crippen LogP contribution in [0.25, 0.3) is 0 Å². The van der Waals surface area contributed by atoms with Gasteiger partial charge in [-0.2, -0.15) is 0 Å². The van der Waals surface area contributed by atoms with Crippen LogP contribution in [-0.4, -0.2) is 38.2 Å². The van der Waals surface area contributed by atoms with Crippen LogP contribution in [0.5, 0.6) is 11.5 Å². The van der Waals surface area contributed by atoms with E-state index in [-0.39, 0.29) is 5.91 Å². The van der Waals surface area contributed by atoms with E-state index in [4.69, 9.17) is 9.47 Å². The Hall–Kier alpha value is -2.76. The highest BCUT2D eigenvalue weighted by Crippen LogP contribution is 2.34. The Labute approximate surface area is 166 Å². The Morgan fingerprint density at radius 3 is 2.57 bits per heavy atom. The minimum Gasteiger partial charge on any atom is -0.493 e. The number of pyridine rings is 1. The monoisotopic (exact) mass is 383 g/mol. The van der Waals surface area contributed by atoms with Gasteiger partial charge in [-0.1, -0.05) is 13.8 Å². The summed E-state index contributed by atoms with van der Waals surface area (Å²) in [5, 5.41) is 2.95. The summed E-state index contributed by atoms with van der Waals surface area (Å²) < 4.78 is 10.9. The quantitative estimate of drug-likeness (QED) is 0.794. The first-order valence-electron chi connectivity index (χ1n) is 9.74. The Morgan fingerprint density at radius 2 is 1.89 bits per heavy atom. The summed E-state index contributed by atoms with van der Waals surface area (Å²) in [6.45, 7) is 6.59. The van der Waals surface area contributed by atoms with E-state index in [0.29, 0.717) is 18.2 Å². The number of carbonyl (C=O) groups excluding carboxylic acids is 1. The van der Waals surface area contributed by atoms with E-state index < -0.39 is 0 Å². The van der Waals surface area contributed by atoms with E-state index in [9.17, 15) is 4.79 Å². The van der Waals surface area contributed by atoms with Crippen molar-refractivity contribution in [3.05, 3.63) is 47.3 Å². The molecule has 0 bridgehead atoms. The zero-order chi connectivity index (χ0) is 20.1. The highest BCUT2D eigenvalue weighted by atomic mass is 16.5. The largest absolute Gasteiger partial charge is 0.493 e. The van der Waals surface area contributed by atoms with Crippen LogP contribution in [0.2, 0.25) is 0 Å². The summed E-state index contributed by atoms with van der Waals surface area (Å²) in [6.07, 6.45) is 3.57. The van der Waals surface area contributed by atoms with Gasteiger partial charge in [0, 0.05) is 31.5 Å². The molecule has 1 N–H and O–H groups in total. The predicted molar refractivity (Wildman–Crippen MR) is 110 cm³/mol. The number of anilines is 1. The number of hydrogen-bond donors (Lipinski definition) is 1. The lowest BCUT2D eigenvalue weighted by Crippen LogP contribution is -2.31. The number of benzene rings is 1. The van der Waals surface area contributed by atoms with Crippen LogP contribution in [0.15, 0.2) is 30.5 Å². The van der Waals surface area contributed by atoms with Crippen LogP contribution in [0, 0.1) is 5.92 Å². The number of aromatic nitrogens is 1. The summed E-state index contributed by atoms with van der Waals surface area (Å²) in [5.74, 6) is 1.94. The highest BCUT2D eigenvalue weighted by molar-refractivity contribution is 5.93. The van der Waals surface area contributed by atoms with E-state index in [0.717, 1.165) is 43.1 Å². The minimum absolute atomic E-state index is 0.119. The van der Waals surface area contributed by atoms with Gasteiger partial charge in [-0.05, 0) is 54.2 Å². The van der Waals surface area contributed by atoms with E-state index >= 15 is 0 Å². The lowest BCUT2D eigenvalue weighted by Gasteiger charge is -2.31. The molecule has 1 amide bonds. The molecule has 1 aromatic heterocycles. The Bertz CT molecular complexity index is 836. The van der Waals surface area contributed by atoms with Gasteiger partial charge in [0.15, 0.2) is 11.5 Å². The molecule has 0 atom stereocenters. The average Bonchev–Trinajstić information content (AvgIpc) is 2.72. The normalized spacial score (nSPS) is 13.2. The maximum absolute atomic E-state index is 12.4. The van der Waals surface area contributed by atoms with Crippen LogP contribution in [-0.2, 0) is 13.0 Å². The summed E-state index contributed by atoms with van der Waals surface area (Å²) in [6, 6.07) is 7.93. The van der Waals surface area contributed by atoms with Gasteiger partial charge in [0.05, 0.1) is 14.2 Å². The molecule has 6 nitrogen and oxygen atoms in total. The number of nitrogens with one attached hydrogen (secondary N) is 1. The zero-order valence-corrected chi connectivity index (χ0v) is 17.1. The zero-order valence-electron chi connectivity index (χ0n) is 17.1. The second-order valence-electron chi connectivity index (χ2n) is 7.49. The van der Waals surface area contributed by atoms with Crippen molar-refractivity contribution in [2.75, 3.05) is 32.2 Å². The third kappa shape index (κ3) is 4.55. The molecule has 0 radical (unpaired) electrons. The van der Waals surface area contributed by atoms with Crippen molar-refractivity contribution in [3.8, 4) is 11.5 Å². The van der Waals surface area contributed by atoms with Gasteiger partial charge in [-0.3, -0.25) is 9.78 Å². The van der Waals surface area contributed by atoms with E-state index in [2.05, 4.69) is 35.1 Å². The van der Waals surface area contributed by atoms with Crippen molar-refractivity contribution in [2.24, 2.45) is 5.92 Å². The van der Waals surface area contributed by atoms with Crippen LogP contribution in [0.1, 0.15) is 41.9 Å². The lowest BCUT2D eigenvalue weighted by atomic mass is 9.98. The first kappa shape index (κ1) is 20.0. The first-order chi connectivity index (χ1) is 13.5. The van der Waals surface area contributed by atoms with E-state index in [1.54, 1.807) is 20.4 Å².